The van der Waals surface area contributed by atoms with E-state index in [2.05, 4.69) is 22.1 Å². The number of carbonyl (C=O) groups is 1. The molecule has 2 aromatic carbocycles. The van der Waals surface area contributed by atoms with Crippen LogP contribution in [0, 0.1) is 11.8 Å². The van der Waals surface area contributed by atoms with Crippen molar-refractivity contribution >= 4 is 22.6 Å². The van der Waals surface area contributed by atoms with E-state index in [1.165, 1.54) is 0 Å². The molecule has 1 amide bonds. The Bertz CT molecular complexity index is 1220. The molecule has 5 nitrogen and oxygen atoms in total. The summed E-state index contributed by atoms with van der Waals surface area (Å²) in [7, 11) is 1.60. The zero-order chi connectivity index (χ0) is 20.1. The van der Waals surface area contributed by atoms with Gasteiger partial charge in [0, 0.05) is 34.5 Å². The van der Waals surface area contributed by atoms with Gasteiger partial charge in [0.25, 0.3) is 0 Å². The molecule has 0 unspecified atom stereocenters. The van der Waals surface area contributed by atoms with E-state index in [1.54, 1.807) is 25.6 Å². The molecule has 0 aliphatic rings. The highest BCUT2D eigenvalue weighted by Crippen LogP contribution is 2.26. The topological polar surface area (TPSA) is 64.4 Å². The Morgan fingerprint density at radius 3 is 2.86 bits per heavy atom. The van der Waals surface area contributed by atoms with Crippen molar-refractivity contribution < 1.29 is 13.9 Å². The van der Waals surface area contributed by atoms with E-state index in [-0.39, 0.29) is 12.3 Å². The molecule has 0 aliphatic heterocycles. The van der Waals surface area contributed by atoms with Crippen LogP contribution in [0.1, 0.15) is 16.8 Å². The maximum absolute atomic E-state index is 12.5. The molecule has 0 spiro atoms. The van der Waals surface area contributed by atoms with Gasteiger partial charge in [0.15, 0.2) is 0 Å². The van der Waals surface area contributed by atoms with Crippen LogP contribution in [0.3, 0.4) is 0 Å². The largest absolute Gasteiger partial charge is 0.497 e. The normalized spacial score (nSPS) is 10.2. The minimum Gasteiger partial charge on any atom is -0.497 e. The van der Waals surface area contributed by atoms with Crippen molar-refractivity contribution in [3.63, 3.8) is 0 Å². The van der Waals surface area contributed by atoms with Gasteiger partial charge < -0.3 is 14.5 Å². The fourth-order valence-electron chi connectivity index (χ4n) is 2.95. The van der Waals surface area contributed by atoms with Crippen LogP contribution in [0.2, 0.25) is 0 Å². The highest BCUT2D eigenvalue weighted by Gasteiger charge is 2.11. The Labute approximate surface area is 168 Å². The molecule has 2 aromatic heterocycles. The minimum atomic E-state index is -0.127. The van der Waals surface area contributed by atoms with Gasteiger partial charge in [-0.1, -0.05) is 18.1 Å². The summed E-state index contributed by atoms with van der Waals surface area (Å²) in [5, 5.41) is 3.82. The molecular formula is C24H18N2O3. The van der Waals surface area contributed by atoms with Crippen molar-refractivity contribution in [2.45, 2.75) is 6.42 Å². The fraction of sp³-hybridized carbons (Fsp3) is 0.0833. The Hall–Kier alpha value is -4.04. The Morgan fingerprint density at radius 1 is 1.10 bits per heavy atom. The molecule has 0 saturated heterocycles. The first-order valence-corrected chi connectivity index (χ1v) is 9.08. The number of carbonyl (C=O) groups excluding carboxylic acids is 1. The number of benzene rings is 2. The maximum Gasteiger partial charge on any atom is 0.228 e. The molecule has 1 N–H and O–H groups in total. The number of hydrogen-bond acceptors (Lipinski definition) is 4. The van der Waals surface area contributed by atoms with Crippen molar-refractivity contribution in [2.75, 3.05) is 12.4 Å². The second-order valence-corrected chi connectivity index (χ2v) is 6.39. The van der Waals surface area contributed by atoms with Crippen LogP contribution >= 0.6 is 0 Å². The van der Waals surface area contributed by atoms with Crippen molar-refractivity contribution in [1.82, 2.24) is 4.98 Å². The lowest BCUT2D eigenvalue weighted by Crippen LogP contribution is -2.14. The number of amides is 1. The first kappa shape index (κ1) is 18.3. The molecule has 0 atom stereocenters. The molecule has 142 valence electrons. The summed E-state index contributed by atoms with van der Waals surface area (Å²) in [6, 6.07) is 18.6. The van der Waals surface area contributed by atoms with Gasteiger partial charge in [-0.25, -0.2) is 4.98 Å². The molecule has 4 rings (SSSR count). The van der Waals surface area contributed by atoms with Gasteiger partial charge in [0.1, 0.15) is 17.0 Å². The number of rotatable bonds is 4. The van der Waals surface area contributed by atoms with E-state index in [1.807, 2.05) is 54.6 Å². The number of methoxy groups -OCH3 is 1. The zero-order valence-corrected chi connectivity index (χ0v) is 15.8. The van der Waals surface area contributed by atoms with Crippen LogP contribution < -0.4 is 10.1 Å². The second-order valence-electron chi connectivity index (χ2n) is 6.39. The van der Waals surface area contributed by atoms with Gasteiger partial charge in [-0.3, -0.25) is 4.79 Å². The third-order valence-corrected chi connectivity index (χ3v) is 4.36. The molecule has 0 aliphatic carbocycles. The lowest BCUT2D eigenvalue weighted by atomic mass is 10.1. The lowest BCUT2D eigenvalue weighted by Gasteiger charge is -2.05. The number of hydrogen-bond donors (Lipinski definition) is 1. The average Bonchev–Trinajstić information content (AvgIpc) is 3.15. The van der Waals surface area contributed by atoms with Gasteiger partial charge in [-0.2, -0.15) is 0 Å². The van der Waals surface area contributed by atoms with Crippen LogP contribution in [0.4, 0.5) is 5.69 Å². The predicted octanol–water partition coefficient (Wildman–Crippen LogP) is 4.42. The number of ether oxygens (including phenoxy) is 1. The first-order valence-electron chi connectivity index (χ1n) is 9.08. The molecular weight excluding hydrogens is 364 g/mol. The maximum atomic E-state index is 12.5. The Balaban J connectivity index is 1.46. The third kappa shape index (κ3) is 4.45. The van der Waals surface area contributed by atoms with Crippen LogP contribution in [-0.2, 0) is 11.2 Å². The summed E-state index contributed by atoms with van der Waals surface area (Å²) in [5.74, 6) is 6.66. The summed E-state index contributed by atoms with van der Waals surface area (Å²) in [5.41, 5.74) is 3.71. The van der Waals surface area contributed by atoms with E-state index in [9.17, 15) is 4.79 Å². The molecule has 0 bridgehead atoms. The van der Waals surface area contributed by atoms with Crippen LogP contribution in [-0.4, -0.2) is 18.0 Å². The van der Waals surface area contributed by atoms with E-state index >= 15 is 0 Å². The Morgan fingerprint density at radius 2 is 2.03 bits per heavy atom. The molecule has 0 saturated carbocycles. The standard InChI is InChI=1S/C24H18N2O3/c1-28-21-10-11-22-18(16-29-23(22)15-21)14-24(27)26-20-7-4-5-17(13-20)8-9-19-6-2-3-12-25-19/h2-7,10-13,15-16H,14H2,1H3,(H,26,27). The summed E-state index contributed by atoms with van der Waals surface area (Å²) < 4.78 is 10.7. The highest BCUT2D eigenvalue weighted by atomic mass is 16.5. The zero-order valence-electron chi connectivity index (χ0n) is 15.8. The fourth-order valence-corrected chi connectivity index (χ4v) is 2.95. The number of anilines is 1. The second kappa shape index (κ2) is 8.32. The van der Waals surface area contributed by atoms with E-state index in [0.717, 1.165) is 16.5 Å². The molecule has 2 heterocycles. The van der Waals surface area contributed by atoms with Crippen molar-refractivity contribution in [2.24, 2.45) is 0 Å². The number of furan rings is 1. The highest BCUT2D eigenvalue weighted by molar-refractivity contribution is 5.95. The average molecular weight is 382 g/mol. The Kier molecular flexibility index (Phi) is 5.26. The predicted molar refractivity (Wildman–Crippen MR) is 112 cm³/mol. The molecule has 0 radical (unpaired) electrons. The quantitative estimate of drug-likeness (QED) is 0.531. The SMILES string of the molecule is COc1ccc2c(CC(=O)Nc3cccc(C#Cc4ccccn4)c3)coc2c1. The van der Waals surface area contributed by atoms with Crippen LogP contribution in [0.5, 0.6) is 5.75 Å². The van der Waals surface area contributed by atoms with E-state index in [4.69, 9.17) is 9.15 Å². The molecule has 5 heteroatoms. The van der Waals surface area contributed by atoms with Gasteiger partial charge in [0.05, 0.1) is 19.8 Å². The third-order valence-electron chi connectivity index (χ3n) is 4.36. The number of aromatic nitrogens is 1. The number of nitrogens with zero attached hydrogens (tertiary/aromatic N) is 1. The van der Waals surface area contributed by atoms with Crippen LogP contribution in [0.15, 0.2) is 77.5 Å². The van der Waals surface area contributed by atoms with Crippen molar-refractivity contribution in [3.8, 4) is 17.6 Å². The van der Waals surface area contributed by atoms with E-state index < -0.39 is 0 Å². The van der Waals surface area contributed by atoms with Gasteiger partial charge in [-0.15, -0.1) is 0 Å². The lowest BCUT2D eigenvalue weighted by molar-refractivity contribution is -0.115. The van der Waals surface area contributed by atoms with Crippen LogP contribution in [0.25, 0.3) is 11.0 Å². The summed E-state index contributed by atoms with van der Waals surface area (Å²) in [4.78, 5) is 16.7. The van der Waals surface area contributed by atoms with Gasteiger partial charge >= 0.3 is 0 Å². The van der Waals surface area contributed by atoms with Gasteiger partial charge in [-0.05, 0) is 48.4 Å². The summed E-state index contributed by atoms with van der Waals surface area (Å²) in [6.45, 7) is 0. The van der Waals surface area contributed by atoms with Crippen molar-refractivity contribution in [3.05, 3.63) is 89.9 Å². The summed E-state index contributed by atoms with van der Waals surface area (Å²) in [6.07, 6.45) is 3.53. The number of fused-ring (bicyclic) bond motifs is 1. The van der Waals surface area contributed by atoms with E-state index in [0.29, 0.717) is 22.7 Å². The smallest absolute Gasteiger partial charge is 0.228 e. The molecule has 4 aromatic rings. The molecule has 0 fully saturated rings. The van der Waals surface area contributed by atoms with Gasteiger partial charge in [0.2, 0.25) is 5.91 Å². The number of nitrogens with one attached hydrogen (secondary N) is 1. The summed E-state index contributed by atoms with van der Waals surface area (Å²) >= 11 is 0. The number of pyridine rings is 1. The van der Waals surface area contributed by atoms with Crippen molar-refractivity contribution in [1.29, 1.82) is 0 Å². The first-order chi connectivity index (χ1) is 14.2. The molecule has 29 heavy (non-hydrogen) atoms. The minimum absolute atomic E-state index is 0.127. The monoisotopic (exact) mass is 382 g/mol.